The van der Waals surface area contributed by atoms with Crippen LogP contribution in [0.1, 0.15) is 5.56 Å². The highest BCUT2D eigenvalue weighted by Gasteiger charge is 2.10. The summed E-state index contributed by atoms with van der Waals surface area (Å²) in [5, 5.41) is 10.2. The SMILES string of the molecule is Oc1ccccc1/C=N/c1nc(-c2ccccc2)c(Cl)s1. The molecule has 0 bridgehead atoms. The molecule has 1 heterocycles. The Balaban J connectivity index is 1.90. The number of halogens is 1. The number of benzene rings is 2. The zero-order valence-electron chi connectivity index (χ0n) is 10.9. The molecule has 0 spiro atoms. The summed E-state index contributed by atoms with van der Waals surface area (Å²) < 4.78 is 0.602. The van der Waals surface area contributed by atoms with Gasteiger partial charge in [0.2, 0.25) is 5.13 Å². The second-order valence-corrected chi connectivity index (χ2v) is 5.88. The molecule has 0 radical (unpaired) electrons. The first-order valence-corrected chi connectivity index (χ1v) is 7.47. The van der Waals surface area contributed by atoms with Gasteiger partial charge in [0.1, 0.15) is 15.8 Å². The van der Waals surface area contributed by atoms with Gasteiger partial charge in [-0.15, -0.1) is 0 Å². The maximum Gasteiger partial charge on any atom is 0.211 e. The Labute approximate surface area is 131 Å². The molecule has 0 saturated carbocycles. The maximum atomic E-state index is 9.69. The van der Waals surface area contributed by atoms with Crippen LogP contribution in [-0.2, 0) is 0 Å². The molecule has 0 aliphatic rings. The molecule has 5 heteroatoms. The lowest BCUT2D eigenvalue weighted by atomic mass is 10.2. The first-order valence-electron chi connectivity index (χ1n) is 6.28. The molecule has 0 unspecified atom stereocenters. The largest absolute Gasteiger partial charge is 0.507 e. The van der Waals surface area contributed by atoms with Crippen LogP contribution in [-0.4, -0.2) is 16.3 Å². The molecule has 0 aliphatic carbocycles. The molecule has 21 heavy (non-hydrogen) atoms. The van der Waals surface area contributed by atoms with Gasteiger partial charge in [0, 0.05) is 17.3 Å². The van der Waals surface area contributed by atoms with Crippen LogP contribution in [0.4, 0.5) is 5.13 Å². The third-order valence-corrected chi connectivity index (χ3v) is 4.03. The Kier molecular flexibility index (Phi) is 3.99. The van der Waals surface area contributed by atoms with E-state index in [4.69, 9.17) is 11.6 Å². The molecular weight excluding hydrogens is 304 g/mol. The van der Waals surface area contributed by atoms with Crippen molar-refractivity contribution in [1.82, 2.24) is 4.98 Å². The van der Waals surface area contributed by atoms with Crippen molar-refractivity contribution >= 4 is 34.3 Å². The van der Waals surface area contributed by atoms with Crippen molar-refractivity contribution < 1.29 is 5.11 Å². The molecule has 0 saturated heterocycles. The monoisotopic (exact) mass is 314 g/mol. The summed E-state index contributed by atoms with van der Waals surface area (Å²) in [4.78, 5) is 8.71. The number of phenolic OH excluding ortho intramolecular Hbond substituents is 1. The third kappa shape index (κ3) is 3.12. The van der Waals surface area contributed by atoms with Crippen molar-refractivity contribution in [1.29, 1.82) is 0 Å². The van der Waals surface area contributed by atoms with Crippen LogP contribution in [0.15, 0.2) is 59.6 Å². The molecule has 1 aromatic heterocycles. The van der Waals surface area contributed by atoms with Gasteiger partial charge in [0.05, 0.1) is 0 Å². The van der Waals surface area contributed by atoms with Gasteiger partial charge in [-0.1, -0.05) is 65.4 Å². The van der Waals surface area contributed by atoms with Crippen LogP contribution in [0.25, 0.3) is 11.3 Å². The molecule has 0 aliphatic heterocycles. The first-order chi connectivity index (χ1) is 10.2. The number of para-hydroxylation sites is 1. The summed E-state index contributed by atoms with van der Waals surface area (Å²) >= 11 is 7.53. The zero-order chi connectivity index (χ0) is 14.7. The molecule has 3 rings (SSSR count). The number of aromatic hydroxyl groups is 1. The average Bonchev–Trinajstić information content (AvgIpc) is 2.88. The van der Waals surface area contributed by atoms with Crippen molar-refractivity contribution in [2.75, 3.05) is 0 Å². The average molecular weight is 315 g/mol. The lowest BCUT2D eigenvalue weighted by Gasteiger charge is -1.96. The van der Waals surface area contributed by atoms with Gasteiger partial charge in [-0.25, -0.2) is 9.98 Å². The lowest BCUT2D eigenvalue weighted by molar-refractivity contribution is 0.474. The Bertz CT molecular complexity index is 784. The summed E-state index contributed by atoms with van der Waals surface area (Å²) in [6.45, 7) is 0. The predicted molar refractivity (Wildman–Crippen MR) is 87.9 cm³/mol. The van der Waals surface area contributed by atoms with Gasteiger partial charge in [-0.3, -0.25) is 0 Å². The van der Waals surface area contributed by atoms with E-state index < -0.39 is 0 Å². The Morgan fingerprint density at radius 3 is 2.52 bits per heavy atom. The van der Waals surface area contributed by atoms with Crippen molar-refractivity contribution in [2.45, 2.75) is 0 Å². The molecule has 3 nitrogen and oxygen atoms in total. The zero-order valence-corrected chi connectivity index (χ0v) is 12.5. The number of hydrogen-bond donors (Lipinski definition) is 1. The molecule has 3 aromatic rings. The fourth-order valence-electron chi connectivity index (χ4n) is 1.84. The van der Waals surface area contributed by atoms with Crippen LogP contribution in [0, 0.1) is 0 Å². The number of aromatic nitrogens is 1. The van der Waals surface area contributed by atoms with E-state index in [0.29, 0.717) is 15.0 Å². The van der Waals surface area contributed by atoms with Crippen LogP contribution in [0.2, 0.25) is 4.34 Å². The highest BCUT2D eigenvalue weighted by atomic mass is 35.5. The normalized spacial score (nSPS) is 11.1. The third-order valence-electron chi connectivity index (χ3n) is 2.87. The predicted octanol–water partition coefficient (Wildman–Crippen LogP) is 4.92. The standard InChI is InChI=1S/C16H11ClN2OS/c17-15-14(11-6-2-1-3-7-11)19-16(21-15)18-10-12-8-4-5-9-13(12)20/h1-10,20H/b18-10+. The van der Waals surface area contributed by atoms with E-state index in [1.807, 2.05) is 36.4 Å². The second-order valence-electron chi connectivity index (χ2n) is 4.30. The van der Waals surface area contributed by atoms with Crippen molar-refractivity contribution in [3.8, 4) is 17.0 Å². The van der Waals surface area contributed by atoms with Crippen molar-refractivity contribution in [3.05, 3.63) is 64.5 Å². The Hall–Kier alpha value is -2.17. The van der Waals surface area contributed by atoms with E-state index in [2.05, 4.69) is 9.98 Å². The van der Waals surface area contributed by atoms with Gasteiger partial charge in [0.25, 0.3) is 0 Å². The van der Waals surface area contributed by atoms with E-state index in [9.17, 15) is 5.11 Å². The van der Waals surface area contributed by atoms with E-state index >= 15 is 0 Å². The highest BCUT2D eigenvalue weighted by molar-refractivity contribution is 7.19. The highest BCUT2D eigenvalue weighted by Crippen LogP contribution is 2.36. The van der Waals surface area contributed by atoms with Crippen molar-refractivity contribution in [2.24, 2.45) is 4.99 Å². The van der Waals surface area contributed by atoms with Crippen LogP contribution in [0.5, 0.6) is 5.75 Å². The van der Waals surface area contributed by atoms with Gasteiger partial charge in [-0.05, 0) is 12.1 Å². The number of nitrogens with zero attached hydrogens (tertiary/aromatic N) is 2. The fraction of sp³-hybridized carbons (Fsp3) is 0. The van der Waals surface area contributed by atoms with Gasteiger partial charge in [0.15, 0.2) is 0 Å². The minimum atomic E-state index is 0.187. The summed E-state index contributed by atoms with van der Waals surface area (Å²) in [5.41, 5.74) is 2.33. The van der Waals surface area contributed by atoms with E-state index in [0.717, 1.165) is 11.3 Å². The topological polar surface area (TPSA) is 45.5 Å². The quantitative estimate of drug-likeness (QED) is 0.697. The van der Waals surface area contributed by atoms with E-state index in [1.165, 1.54) is 11.3 Å². The van der Waals surface area contributed by atoms with Crippen LogP contribution < -0.4 is 0 Å². The molecule has 0 atom stereocenters. The van der Waals surface area contributed by atoms with Gasteiger partial charge < -0.3 is 5.11 Å². The second kappa shape index (κ2) is 6.08. The minimum absolute atomic E-state index is 0.187. The van der Waals surface area contributed by atoms with Gasteiger partial charge >= 0.3 is 0 Å². The molecular formula is C16H11ClN2OS. The smallest absolute Gasteiger partial charge is 0.211 e. The fourth-order valence-corrected chi connectivity index (χ4v) is 2.86. The molecule has 0 amide bonds. The molecule has 1 N–H and O–H groups in total. The minimum Gasteiger partial charge on any atom is -0.507 e. The van der Waals surface area contributed by atoms with Crippen molar-refractivity contribution in [3.63, 3.8) is 0 Å². The molecule has 0 fully saturated rings. The number of rotatable bonds is 3. The maximum absolute atomic E-state index is 9.69. The summed E-state index contributed by atoms with van der Waals surface area (Å²) in [6.07, 6.45) is 1.58. The number of hydrogen-bond acceptors (Lipinski definition) is 4. The van der Waals surface area contributed by atoms with Gasteiger partial charge in [-0.2, -0.15) is 0 Å². The Morgan fingerprint density at radius 1 is 1.05 bits per heavy atom. The number of phenols is 1. The first kappa shape index (κ1) is 13.8. The summed E-state index contributed by atoms with van der Waals surface area (Å²) in [7, 11) is 0. The van der Waals surface area contributed by atoms with Crippen LogP contribution in [0.3, 0.4) is 0 Å². The number of aliphatic imine (C=N–C) groups is 1. The van der Waals surface area contributed by atoms with E-state index in [1.54, 1.807) is 24.4 Å². The molecule has 104 valence electrons. The molecule has 2 aromatic carbocycles. The summed E-state index contributed by atoms with van der Waals surface area (Å²) in [6, 6.07) is 16.7. The van der Waals surface area contributed by atoms with Crippen LogP contribution >= 0.6 is 22.9 Å². The number of thiazole rings is 1. The Morgan fingerprint density at radius 2 is 1.76 bits per heavy atom. The van der Waals surface area contributed by atoms with E-state index in [-0.39, 0.29) is 5.75 Å². The summed E-state index contributed by atoms with van der Waals surface area (Å²) in [5.74, 6) is 0.187. The lowest BCUT2D eigenvalue weighted by Crippen LogP contribution is -1.81.